The molecule has 2 aromatic rings. The molecular formula is C18H17Cl2NO4S. The minimum absolute atomic E-state index is 0.0885. The second-order valence-corrected chi connectivity index (χ2v) is 8.95. The summed E-state index contributed by atoms with van der Waals surface area (Å²) in [5.74, 6) is 0. The number of anilines is 1. The Hall–Kier alpha value is -1.60. The lowest BCUT2D eigenvalue weighted by atomic mass is 9.95. The van der Waals surface area contributed by atoms with E-state index in [0.29, 0.717) is 19.1 Å². The molecule has 2 atom stereocenters. The number of sulfone groups is 1. The van der Waals surface area contributed by atoms with Gasteiger partial charge in [-0.25, -0.2) is 8.42 Å². The maximum absolute atomic E-state index is 13.3. The third-order valence-corrected chi connectivity index (χ3v) is 7.64. The van der Waals surface area contributed by atoms with Gasteiger partial charge in [0.05, 0.1) is 21.0 Å². The van der Waals surface area contributed by atoms with Crippen molar-refractivity contribution in [1.82, 2.24) is 0 Å². The number of benzene rings is 2. The first kappa shape index (κ1) is 19.2. The molecule has 138 valence electrons. The van der Waals surface area contributed by atoms with Crippen molar-refractivity contribution in [2.45, 2.75) is 28.7 Å². The van der Waals surface area contributed by atoms with Gasteiger partial charge in [-0.2, -0.15) is 0 Å². The van der Waals surface area contributed by atoms with Crippen LogP contribution in [0.5, 0.6) is 0 Å². The van der Waals surface area contributed by atoms with E-state index in [2.05, 4.69) is 5.32 Å². The Morgan fingerprint density at radius 3 is 2.58 bits per heavy atom. The Morgan fingerprint density at radius 1 is 1.19 bits per heavy atom. The van der Waals surface area contributed by atoms with Crippen molar-refractivity contribution < 1.29 is 17.9 Å². The Bertz CT molecular complexity index is 948. The van der Waals surface area contributed by atoms with E-state index < -0.39 is 20.8 Å². The number of rotatable bonds is 5. The molecule has 0 aliphatic carbocycles. The van der Waals surface area contributed by atoms with Crippen molar-refractivity contribution in [3.63, 3.8) is 0 Å². The van der Waals surface area contributed by atoms with Gasteiger partial charge in [0.1, 0.15) is 0 Å². The van der Waals surface area contributed by atoms with Gasteiger partial charge in [0, 0.05) is 12.8 Å². The molecule has 1 aliphatic heterocycles. The van der Waals surface area contributed by atoms with Crippen molar-refractivity contribution in [2.75, 3.05) is 12.4 Å². The molecule has 0 saturated heterocycles. The van der Waals surface area contributed by atoms with Crippen LogP contribution in [0.15, 0.2) is 47.4 Å². The summed E-state index contributed by atoms with van der Waals surface area (Å²) in [6, 6.07) is 10.7. The van der Waals surface area contributed by atoms with Crippen molar-refractivity contribution in [1.29, 1.82) is 0 Å². The van der Waals surface area contributed by atoms with Gasteiger partial charge in [-0.05, 0) is 42.7 Å². The molecule has 1 N–H and O–H groups in total. The van der Waals surface area contributed by atoms with E-state index in [9.17, 15) is 13.2 Å². The van der Waals surface area contributed by atoms with Crippen LogP contribution in [-0.2, 0) is 25.8 Å². The highest BCUT2D eigenvalue weighted by Gasteiger charge is 2.52. The van der Waals surface area contributed by atoms with E-state index in [4.69, 9.17) is 27.9 Å². The van der Waals surface area contributed by atoms with Crippen LogP contribution in [0.2, 0.25) is 10.0 Å². The monoisotopic (exact) mass is 413 g/mol. The number of aldehydes is 1. The van der Waals surface area contributed by atoms with Crippen LogP contribution in [-0.4, -0.2) is 32.8 Å². The molecule has 2 unspecified atom stereocenters. The summed E-state index contributed by atoms with van der Waals surface area (Å²) < 4.78 is 31.9. The fourth-order valence-corrected chi connectivity index (χ4v) is 5.35. The third-order valence-electron chi connectivity index (χ3n) is 4.64. The van der Waals surface area contributed by atoms with Crippen LogP contribution >= 0.6 is 23.2 Å². The zero-order chi connectivity index (χ0) is 18.9. The predicted octanol–water partition coefficient (Wildman–Crippen LogP) is 3.74. The summed E-state index contributed by atoms with van der Waals surface area (Å²) in [6.07, 6.45) is 1.39. The van der Waals surface area contributed by atoms with Gasteiger partial charge in [-0.15, -0.1) is 0 Å². The second-order valence-electron chi connectivity index (χ2n) is 6.02. The minimum Gasteiger partial charge on any atom is -0.378 e. The standard InChI is InChI=1S/C18H17Cl2NO4S/c1-25-18(11-22,17-9-6-12-4-2-3-5-16(12)21-17)26(23,24)13-7-8-14(19)15(20)10-13/h2-5,7-8,10-11,17,21H,6,9H2,1H3. The van der Waals surface area contributed by atoms with Gasteiger partial charge in [0.15, 0.2) is 6.29 Å². The summed E-state index contributed by atoms with van der Waals surface area (Å²) in [4.78, 5) is 9.83. The van der Waals surface area contributed by atoms with Crippen molar-refractivity contribution in [2.24, 2.45) is 0 Å². The van der Waals surface area contributed by atoms with Crippen LogP contribution in [0, 0.1) is 0 Å². The van der Waals surface area contributed by atoms with Gasteiger partial charge in [-0.1, -0.05) is 41.4 Å². The Labute approximate surface area is 162 Å². The number of methoxy groups -OCH3 is 1. The third kappa shape index (κ3) is 3.01. The molecule has 1 heterocycles. The highest BCUT2D eigenvalue weighted by molar-refractivity contribution is 7.93. The van der Waals surface area contributed by atoms with Crippen LogP contribution in [0.3, 0.4) is 0 Å². The summed E-state index contributed by atoms with van der Waals surface area (Å²) in [7, 11) is -2.99. The van der Waals surface area contributed by atoms with Crippen LogP contribution in [0.4, 0.5) is 5.69 Å². The lowest BCUT2D eigenvalue weighted by Gasteiger charge is -2.38. The smallest absolute Gasteiger partial charge is 0.248 e. The zero-order valence-electron chi connectivity index (χ0n) is 13.9. The minimum atomic E-state index is -4.20. The predicted molar refractivity (Wildman–Crippen MR) is 102 cm³/mol. The number of nitrogens with one attached hydrogen (secondary N) is 1. The van der Waals surface area contributed by atoms with Gasteiger partial charge in [0.2, 0.25) is 14.8 Å². The van der Waals surface area contributed by atoms with Gasteiger partial charge < -0.3 is 10.1 Å². The van der Waals surface area contributed by atoms with Gasteiger partial charge in [-0.3, -0.25) is 4.79 Å². The first-order valence-electron chi connectivity index (χ1n) is 7.91. The number of hydrogen-bond donors (Lipinski definition) is 1. The molecule has 8 heteroatoms. The number of para-hydroxylation sites is 1. The molecule has 0 fully saturated rings. The second kappa shape index (κ2) is 7.19. The zero-order valence-corrected chi connectivity index (χ0v) is 16.2. The van der Waals surface area contributed by atoms with E-state index in [0.717, 1.165) is 11.3 Å². The average molecular weight is 414 g/mol. The molecule has 26 heavy (non-hydrogen) atoms. The molecule has 5 nitrogen and oxygen atoms in total. The van der Waals surface area contributed by atoms with E-state index in [1.54, 1.807) is 0 Å². The molecule has 0 amide bonds. The first-order valence-corrected chi connectivity index (χ1v) is 10.1. The maximum Gasteiger partial charge on any atom is 0.248 e. The molecular weight excluding hydrogens is 397 g/mol. The highest BCUT2D eigenvalue weighted by Crippen LogP contribution is 2.37. The number of carbonyl (C=O) groups is 1. The maximum atomic E-state index is 13.3. The summed E-state index contributed by atoms with van der Waals surface area (Å²) in [5, 5.41) is 3.46. The number of carbonyl (C=O) groups excluding carboxylic acids is 1. The molecule has 0 spiro atoms. The highest BCUT2D eigenvalue weighted by atomic mass is 35.5. The quantitative estimate of drug-likeness (QED) is 0.755. The van der Waals surface area contributed by atoms with E-state index in [1.807, 2.05) is 24.3 Å². The van der Waals surface area contributed by atoms with E-state index >= 15 is 0 Å². The largest absolute Gasteiger partial charge is 0.378 e. The molecule has 0 bridgehead atoms. The molecule has 2 aromatic carbocycles. The summed E-state index contributed by atoms with van der Waals surface area (Å²) >= 11 is 11.8. The molecule has 3 rings (SSSR count). The van der Waals surface area contributed by atoms with E-state index in [-0.39, 0.29) is 14.9 Å². The number of halogens is 2. The Morgan fingerprint density at radius 2 is 1.92 bits per heavy atom. The normalized spacial score (nSPS) is 19.1. The fourth-order valence-electron chi connectivity index (χ4n) is 3.20. The molecule has 0 saturated carbocycles. The molecule has 0 radical (unpaired) electrons. The van der Waals surface area contributed by atoms with Crippen molar-refractivity contribution in [3.8, 4) is 0 Å². The lowest BCUT2D eigenvalue weighted by molar-refractivity contribution is -0.120. The van der Waals surface area contributed by atoms with Crippen LogP contribution in [0.1, 0.15) is 12.0 Å². The fraction of sp³-hybridized carbons (Fsp3) is 0.278. The molecule has 1 aliphatic rings. The Kier molecular flexibility index (Phi) is 5.30. The average Bonchev–Trinajstić information content (AvgIpc) is 2.65. The number of fused-ring (bicyclic) bond motifs is 1. The topological polar surface area (TPSA) is 72.5 Å². The number of hydrogen-bond acceptors (Lipinski definition) is 5. The first-order chi connectivity index (χ1) is 12.4. The summed E-state index contributed by atoms with van der Waals surface area (Å²) in [5.41, 5.74) is 1.85. The molecule has 0 aromatic heterocycles. The Balaban J connectivity index is 2.07. The van der Waals surface area contributed by atoms with Crippen molar-refractivity contribution in [3.05, 3.63) is 58.1 Å². The lowest BCUT2D eigenvalue weighted by Crippen LogP contribution is -2.56. The summed E-state index contributed by atoms with van der Waals surface area (Å²) in [6.45, 7) is 0. The van der Waals surface area contributed by atoms with Crippen molar-refractivity contribution >= 4 is 45.0 Å². The van der Waals surface area contributed by atoms with E-state index in [1.165, 1.54) is 25.3 Å². The van der Waals surface area contributed by atoms with Crippen LogP contribution < -0.4 is 5.32 Å². The number of ether oxygens (including phenoxy) is 1. The van der Waals surface area contributed by atoms with Gasteiger partial charge in [0.25, 0.3) is 0 Å². The SMILES string of the molecule is COC(C=O)(C1CCc2ccccc2N1)S(=O)(=O)c1ccc(Cl)c(Cl)c1. The van der Waals surface area contributed by atoms with Gasteiger partial charge >= 0.3 is 0 Å². The van der Waals surface area contributed by atoms with Crippen LogP contribution in [0.25, 0.3) is 0 Å². The number of aryl methyl sites for hydroxylation is 1.